The van der Waals surface area contributed by atoms with Gasteiger partial charge in [0.2, 0.25) is 0 Å². The summed E-state index contributed by atoms with van der Waals surface area (Å²) in [5, 5.41) is 11.4. The van der Waals surface area contributed by atoms with E-state index in [2.05, 4.69) is 31.2 Å². The van der Waals surface area contributed by atoms with Crippen molar-refractivity contribution in [3.05, 3.63) is 47.5 Å². The fraction of sp³-hybridized carbons (Fsp3) is 0.231. The lowest BCUT2D eigenvalue weighted by Gasteiger charge is -2.06. The molecule has 0 aliphatic rings. The molecule has 0 saturated carbocycles. The first-order valence-corrected chi connectivity index (χ1v) is 4.90. The van der Waals surface area contributed by atoms with Crippen molar-refractivity contribution < 1.29 is 5.11 Å². The standard InChI is InChI=1S/C13H14O/c1-10-8-12-4-2-3-5-13(12)9-11(10)6-7-14/h2-5,8-9,14H,6-7H2,1H3. The number of hydrogen-bond acceptors (Lipinski definition) is 1. The number of hydrogen-bond donors (Lipinski definition) is 1. The van der Waals surface area contributed by atoms with Gasteiger partial charge in [0.15, 0.2) is 0 Å². The van der Waals surface area contributed by atoms with Crippen LogP contribution in [0.2, 0.25) is 0 Å². The molecule has 1 heteroatoms. The molecule has 2 rings (SSSR count). The Kier molecular flexibility index (Phi) is 2.51. The number of rotatable bonds is 2. The molecule has 0 bridgehead atoms. The third-order valence-corrected chi connectivity index (χ3v) is 2.59. The Morgan fingerprint density at radius 2 is 1.71 bits per heavy atom. The van der Waals surface area contributed by atoms with E-state index in [0.29, 0.717) is 0 Å². The van der Waals surface area contributed by atoms with Gasteiger partial charge in [-0.2, -0.15) is 0 Å². The van der Waals surface area contributed by atoms with Crippen molar-refractivity contribution in [1.29, 1.82) is 0 Å². The molecule has 2 aromatic carbocycles. The van der Waals surface area contributed by atoms with Crippen molar-refractivity contribution in [3.63, 3.8) is 0 Å². The maximum absolute atomic E-state index is 8.92. The fourth-order valence-electron chi connectivity index (χ4n) is 1.79. The summed E-state index contributed by atoms with van der Waals surface area (Å²) in [6.07, 6.45) is 0.747. The zero-order chi connectivity index (χ0) is 9.97. The summed E-state index contributed by atoms with van der Waals surface area (Å²) in [6, 6.07) is 12.7. The van der Waals surface area contributed by atoms with Gasteiger partial charge >= 0.3 is 0 Å². The smallest absolute Gasteiger partial charge is 0.0471 e. The molecular formula is C13H14O. The van der Waals surface area contributed by atoms with Crippen LogP contribution in [-0.4, -0.2) is 11.7 Å². The van der Waals surface area contributed by atoms with Crippen LogP contribution in [0.25, 0.3) is 10.8 Å². The number of aliphatic hydroxyl groups is 1. The minimum atomic E-state index is 0.221. The molecule has 0 atom stereocenters. The summed E-state index contributed by atoms with van der Waals surface area (Å²) in [5.41, 5.74) is 2.50. The predicted molar refractivity (Wildman–Crippen MR) is 59.5 cm³/mol. The molecule has 0 radical (unpaired) electrons. The van der Waals surface area contributed by atoms with Crippen LogP contribution in [0.3, 0.4) is 0 Å². The number of benzene rings is 2. The molecule has 72 valence electrons. The summed E-state index contributed by atoms with van der Waals surface area (Å²) in [4.78, 5) is 0. The SMILES string of the molecule is Cc1cc2ccccc2cc1CCO. The Labute approximate surface area is 84.0 Å². The summed E-state index contributed by atoms with van der Waals surface area (Å²) >= 11 is 0. The van der Waals surface area contributed by atoms with Gasteiger partial charge < -0.3 is 5.11 Å². The van der Waals surface area contributed by atoms with E-state index in [-0.39, 0.29) is 6.61 Å². The molecule has 0 aliphatic heterocycles. The first kappa shape index (κ1) is 9.22. The van der Waals surface area contributed by atoms with Crippen LogP contribution in [0.15, 0.2) is 36.4 Å². The van der Waals surface area contributed by atoms with E-state index in [0.717, 1.165) is 6.42 Å². The van der Waals surface area contributed by atoms with Gasteiger partial charge in [0.25, 0.3) is 0 Å². The quantitative estimate of drug-likeness (QED) is 0.764. The molecule has 1 N–H and O–H groups in total. The van der Waals surface area contributed by atoms with Crippen molar-refractivity contribution in [2.45, 2.75) is 13.3 Å². The molecule has 14 heavy (non-hydrogen) atoms. The third-order valence-electron chi connectivity index (χ3n) is 2.59. The third kappa shape index (κ3) is 1.64. The van der Waals surface area contributed by atoms with Crippen molar-refractivity contribution in [3.8, 4) is 0 Å². The van der Waals surface area contributed by atoms with Crippen LogP contribution in [-0.2, 0) is 6.42 Å². The molecule has 0 fully saturated rings. The molecule has 2 aromatic rings. The number of aliphatic hydroxyl groups excluding tert-OH is 1. The number of aryl methyl sites for hydroxylation is 1. The Hall–Kier alpha value is -1.34. The fourth-order valence-corrected chi connectivity index (χ4v) is 1.79. The predicted octanol–water partition coefficient (Wildman–Crippen LogP) is 2.68. The highest BCUT2D eigenvalue weighted by Crippen LogP contribution is 2.19. The minimum absolute atomic E-state index is 0.221. The zero-order valence-corrected chi connectivity index (χ0v) is 8.33. The molecule has 0 aromatic heterocycles. The van der Waals surface area contributed by atoms with Crippen molar-refractivity contribution in [2.24, 2.45) is 0 Å². The zero-order valence-electron chi connectivity index (χ0n) is 8.33. The Morgan fingerprint density at radius 3 is 2.36 bits per heavy atom. The van der Waals surface area contributed by atoms with Gasteiger partial charge in [-0.25, -0.2) is 0 Å². The van der Waals surface area contributed by atoms with Crippen LogP contribution in [0.1, 0.15) is 11.1 Å². The highest BCUT2D eigenvalue weighted by atomic mass is 16.2. The molecular weight excluding hydrogens is 172 g/mol. The molecule has 0 spiro atoms. The van der Waals surface area contributed by atoms with Gasteiger partial charge in [-0.3, -0.25) is 0 Å². The van der Waals surface area contributed by atoms with Crippen LogP contribution >= 0.6 is 0 Å². The molecule has 0 amide bonds. The molecule has 0 saturated heterocycles. The van der Waals surface area contributed by atoms with Gasteiger partial charge in [0.1, 0.15) is 0 Å². The maximum atomic E-state index is 8.92. The Balaban J connectivity index is 2.59. The van der Waals surface area contributed by atoms with E-state index in [4.69, 9.17) is 5.11 Å². The van der Waals surface area contributed by atoms with E-state index >= 15 is 0 Å². The van der Waals surface area contributed by atoms with E-state index < -0.39 is 0 Å². The van der Waals surface area contributed by atoms with Crippen molar-refractivity contribution in [2.75, 3.05) is 6.61 Å². The topological polar surface area (TPSA) is 20.2 Å². The normalized spacial score (nSPS) is 10.7. The van der Waals surface area contributed by atoms with E-state index in [9.17, 15) is 0 Å². The van der Waals surface area contributed by atoms with E-state index in [1.807, 2.05) is 12.1 Å². The van der Waals surface area contributed by atoms with Crippen LogP contribution in [0.5, 0.6) is 0 Å². The maximum Gasteiger partial charge on any atom is 0.0471 e. The Bertz CT molecular complexity index is 446. The first-order chi connectivity index (χ1) is 6.81. The summed E-state index contributed by atoms with van der Waals surface area (Å²) < 4.78 is 0. The number of fused-ring (bicyclic) bond motifs is 1. The lowest BCUT2D eigenvalue weighted by Crippen LogP contribution is -1.93. The first-order valence-electron chi connectivity index (χ1n) is 4.90. The molecule has 0 aliphatic carbocycles. The lowest BCUT2D eigenvalue weighted by atomic mass is 10.0. The average Bonchev–Trinajstić information content (AvgIpc) is 2.19. The highest BCUT2D eigenvalue weighted by molar-refractivity contribution is 5.84. The van der Waals surface area contributed by atoms with Gasteiger partial charge in [-0.1, -0.05) is 36.4 Å². The minimum Gasteiger partial charge on any atom is -0.396 e. The van der Waals surface area contributed by atoms with Gasteiger partial charge in [0.05, 0.1) is 0 Å². The molecule has 1 nitrogen and oxygen atoms in total. The highest BCUT2D eigenvalue weighted by Gasteiger charge is 2.00. The van der Waals surface area contributed by atoms with Crippen LogP contribution in [0.4, 0.5) is 0 Å². The summed E-state index contributed by atoms with van der Waals surface area (Å²) in [6.45, 7) is 2.32. The summed E-state index contributed by atoms with van der Waals surface area (Å²) in [5.74, 6) is 0. The monoisotopic (exact) mass is 186 g/mol. The second-order valence-corrected chi connectivity index (χ2v) is 3.60. The van der Waals surface area contributed by atoms with Gasteiger partial charge in [-0.15, -0.1) is 0 Å². The van der Waals surface area contributed by atoms with Gasteiger partial charge in [0, 0.05) is 6.61 Å². The van der Waals surface area contributed by atoms with Gasteiger partial charge in [-0.05, 0) is 35.2 Å². The largest absolute Gasteiger partial charge is 0.396 e. The Morgan fingerprint density at radius 1 is 1.07 bits per heavy atom. The average molecular weight is 186 g/mol. The van der Waals surface area contributed by atoms with Crippen LogP contribution in [0, 0.1) is 6.92 Å². The lowest BCUT2D eigenvalue weighted by molar-refractivity contribution is 0.299. The second kappa shape index (κ2) is 3.81. The van der Waals surface area contributed by atoms with E-state index in [1.54, 1.807) is 0 Å². The molecule has 0 unspecified atom stereocenters. The second-order valence-electron chi connectivity index (χ2n) is 3.60. The van der Waals surface area contributed by atoms with Crippen molar-refractivity contribution >= 4 is 10.8 Å². The molecule has 0 heterocycles. The van der Waals surface area contributed by atoms with Crippen LogP contribution < -0.4 is 0 Å². The summed E-state index contributed by atoms with van der Waals surface area (Å²) in [7, 11) is 0. The van der Waals surface area contributed by atoms with Crippen molar-refractivity contribution in [1.82, 2.24) is 0 Å². The van der Waals surface area contributed by atoms with E-state index in [1.165, 1.54) is 21.9 Å².